The number of rotatable bonds is 3. The van der Waals surface area contributed by atoms with Gasteiger partial charge in [-0.2, -0.15) is 0 Å². The fourth-order valence-corrected chi connectivity index (χ4v) is 3.70. The second-order valence-electron chi connectivity index (χ2n) is 6.04. The average Bonchev–Trinajstić information content (AvgIpc) is 3.05. The standard InChI is InChI=1S/C19H16BrN3O3/c1-26-16-8-11(6-7-15(16)24)12-9-17(25)22-19-18(12)21-10-23(19)14-5-3-2-4-13(14)20/h2-8,10,12,24H,9H2,1H3,(H,22,25)/t12-/m0/s1. The van der Waals surface area contributed by atoms with Crippen molar-refractivity contribution in [2.24, 2.45) is 0 Å². The molecule has 1 aromatic heterocycles. The summed E-state index contributed by atoms with van der Waals surface area (Å²) in [6.07, 6.45) is 1.99. The van der Waals surface area contributed by atoms with Gasteiger partial charge >= 0.3 is 0 Å². The molecule has 0 bridgehead atoms. The number of ether oxygens (including phenoxy) is 1. The first-order chi connectivity index (χ1) is 12.6. The molecule has 0 radical (unpaired) electrons. The molecule has 1 aliphatic rings. The van der Waals surface area contributed by atoms with E-state index in [2.05, 4.69) is 26.2 Å². The molecule has 26 heavy (non-hydrogen) atoms. The van der Waals surface area contributed by atoms with Gasteiger partial charge in [0.25, 0.3) is 0 Å². The van der Waals surface area contributed by atoms with E-state index in [1.165, 1.54) is 7.11 Å². The summed E-state index contributed by atoms with van der Waals surface area (Å²) >= 11 is 3.54. The fraction of sp³-hybridized carbons (Fsp3) is 0.158. The van der Waals surface area contributed by atoms with Crippen LogP contribution >= 0.6 is 15.9 Å². The molecular weight excluding hydrogens is 398 g/mol. The second-order valence-corrected chi connectivity index (χ2v) is 6.89. The van der Waals surface area contributed by atoms with Crippen LogP contribution in [0, 0.1) is 0 Å². The molecule has 132 valence electrons. The van der Waals surface area contributed by atoms with Crippen molar-refractivity contribution in [3.8, 4) is 17.2 Å². The Morgan fingerprint density at radius 1 is 1.31 bits per heavy atom. The number of nitrogens with one attached hydrogen (secondary N) is 1. The first-order valence-electron chi connectivity index (χ1n) is 8.07. The van der Waals surface area contributed by atoms with Gasteiger partial charge in [-0.3, -0.25) is 9.36 Å². The summed E-state index contributed by atoms with van der Waals surface area (Å²) in [5, 5.41) is 12.8. The highest BCUT2D eigenvalue weighted by Crippen LogP contribution is 2.40. The summed E-state index contributed by atoms with van der Waals surface area (Å²) in [7, 11) is 1.50. The monoisotopic (exact) mass is 413 g/mol. The van der Waals surface area contributed by atoms with Crippen molar-refractivity contribution < 1.29 is 14.6 Å². The number of para-hydroxylation sites is 1. The van der Waals surface area contributed by atoms with Gasteiger partial charge in [-0.1, -0.05) is 18.2 Å². The van der Waals surface area contributed by atoms with Crippen molar-refractivity contribution in [2.75, 3.05) is 12.4 Å². The molecular formula is C19H16BrN3O3. The predicted molar refractivity (Wildman–Crippen MR) is 101 cm³/mol. The molecule has 2 heterocycles. The van der Waals surface area contributed by atoms with Gasteiger partial charge in [0, 0.05) is 16.8 Å². The van der Waals surface area contributed by atoms with Gasteiger partial charge in [-0.15, -0.1) is 0 Å². The Hall–Kier alpha value is -2.80. The molecule has 6 nitrogen and oxygen atoms in total. The SMILES string of the molecule is COc1cc([C@@H]2CC(=O)Nc3c2ncn3-c2ccccc2Br)ccc1O. The largest absolute Gasteiger partial charge is 0.504 e. The van der Waals surface area contributed by atoms with Gasteiger partial charge in [0.2, 0.25) is 5.91 Å². The van der Waals surface area contributed by atoms with Crippen LogP contribution in [0.25, 0.3) is 5.69 Å². The smallest absolute Gasteiger partial charge is 0.226 e. The molecule has 0 saturated heterocycles. The van der Waals surface area contributed by atoms with Crippen LogP contribution in [0.4, 0.5) is 5.82 Å². The zero-order chi connectivity index (χ0) is 18.3. The lowest BCUT2D eigenvalue weighted by Gasteiger charge is -2.24. The molecule has 2 aromatic carbocycles. The lowest BCUT2D eigenvalue weighted by molar-refractivity contribution is -0.116. The number of carbonyl (C=O) groups is 1. The van der Waals surface area contributed by atoms with E-state index in [1.54, 1.807) is 24.5 Å². The molecule has 3 aromatic rings. The minimum absolute atomic E-state index is 0.0653. The molecule has 0 spiro atoms. The number of carbonyl (C=O) groups excluding carboxylic acids is 1. The summed E-state index contributed by atoms with van der Waals surface area (Å²) in [4.78, 5) is 16.9. The highest BCUT2D eigenvalue weighted by molar-refractivity contribution is 9.10. The Morgan fingerprint density at radius 2 is 2.12 bits per heavy atom. The average molecular weight is 414 g/mol. The van der Waals surface area contributed by atoms with Crippen molar-refractivity contribution in [2.45, 2.75) is 12.3 Å². The third-order valence-electron chi connectivity index (χ3n) is 4.49. The number of halogens is 1. The lowest BCUT2D eigenvalue weighted by atomic mass is 9.89. The molecule has 1 amide bonds. The zero-order valence-corrected chi connectivity index (χ0v) is 15.5. The number of imidazole rings is 1. The summed E-state index contributed by atoms with van der Waals surface area (Å²) in [5.41, 5.74) is 2.55. The molecule has 0 unspecified atom stereocenters. The van der Waals surface area contributed by atoms with Crippen LogP contribution in [-0.2, 0) is 4.79 Å². The van der Waals surface area contributed by atoms with Crippen molar-refractivity contribution in [3.63, 3.8) is 0 Å². The van der Waals surface area contributed by atoms with Crippen molar-refractivity contribution in [1.82, 2.24) is 9.55 Å². The summed E-state index contributed by atoms with van der Waals surface area (Å²) < 4.78 is 7.97. The van der Waals surface area contributed by atoms with Crippen LogP contribution in [0.15, 0.2) is 53.3 Å². The Kier molecular flexibility index (Phi) is 4.16. The van der Waals surface area contributed by atoms with Gasteiger partial charge in [0.05, 0.1) is 18.5 Å². The molecule has 2 N–H and O–H groups in total. The number of anilines is 1. The van der Waals surface area contributed by atoms with Crippen LogP contribution < -0.4 is 10.1 Å². The van der Waals surface area contributed by atoms with E-state index in [4.69, 9.17) is 4.74 Å². The first kappa shape index (κ1) is 16.7. The maximum atomic E-state index is 12.4. The van der Waals surface area contributed by atoms with E-state index < -0.39 is 0 Å². The number of phenolic OH excluding ortho intramolecular Hbond substituents is 1. The predicted octanol–water partition coefficient (Wildman–Crippen LogP) is 3.82. The number of aromatic hydroxyl groups is 1. The minimum Gasteiger partial charge on any atom is -0.504 e. The number of hydrogen-bond donors (Lipinski definition) is 2. The quantitative estimate of drug-likeness (QED) is 0.683. The normalized spacial score (nSPS) is 16.1. The van der Waals surface area contributed by atoms with Crippen LogP contribution in [0.5, 0.6) is 11.5 Å². The number of nitrogens with zero attached hydrogens (tertiary/aromatic N) is 2. The number of hydrogen-bond acceptors (Lipinski definition) is 4. The maximum Gasteiger partial charge on any atom is 0.226 e. The van der Waals surface area contributed by atoms with Crippen molar-refractivity contribution in [3.05, 3.63) is 64.5 Å². The third-order valence-corrected chi connectivity index (χ3v) is 5.16. The van der Waals surface area contributed by atoms with Gasteiger partial charge in [0.1, 0.15) is 12.1 Å². The molecule has 4 rings (SSSR count). The van der Waals surface area contributed by atoms with Crippen LogP contribution in [-0.4, -0.2) is 27.7 Å². The van der Waals surface area contributed by atoms with Crippen LogP contribution in [0.2, 0.25) is 0 Å². The molecule has 0 aliphatic carbocycles. The summed E-state index contributed by atoms with van der Waals surface area (Å²) in [6.45, 7) is 0. The van der Waals surface area contributed by atoms with Crippen LogP contribution in [0.1, 0.15) is 23.6 Å². The molecule has 1 aliphatic heterocycles. The van der Waals surface area contributed by atoms with Gasteiger partial charge < -0.3 is 15.2 Å². The van der Waals surface area contributed by atoms with E-state index in [-0.39, 0.29) is 24.0 Å². The lowest BCUT2D eigenvalue weighted by Crippen LogP contribution is -2.25. The Balaban J connectivity index is 1.83. The van der Waals surface area contributed by atoms with E-state index in [0.717, 1.165) is 21.4 Å². The Bertz CT molecular complexity index is 999. The van der Waals surface area contributed by atoms with E-state index in [1.807, 2.05) is 28.8 Å². The maximum absolute atomic E-state index is 12.4. The first-order valence-corrected chi connectivity index (χ1v) is 8.86. The highest BCUT2D eigenvalue weighted by Gasteiger charge is 2.31. The van der Waals surface area contributed by atoms with Crippen molar-refractivity contribution >= 4 is 27.7 Å². The van der Waals surface area contributed by atoms with Crippen LogP contribution in [0.3, 0.4) is 0 Å². The number of benzene rings is 2. The zero-order valence-electron chi connectivity index (χ0n) is 13.9. The number of fused-ring (bicyclic) bond motifs is 1. The summed E-state index contributed by atoms with van der Waals surface area (Å²) in [5.74, 6) is 0.807. The fourth-order valence-electron chi connectivity index (χ4n) is 3.22. The van der Waals surface area contributed by atoms with E-state index in [0.29, 0.717) is 11.6 Å². The molecule has 0 saturated carbocycles. The van der Waals surface area contributed by atoms with Gasteiger partial charge in [0.15, 0.2) is 11.5 Å². The van der Waals surface area contributed by atoms with E-state index in [9.17, 15) is 9.90 Å². The second kappa shape index (κ2) is 6.49. The number of aromatic nitrogens is 2. The summed E-state index contributed by atoms with van der Waals surface area (Å²) in [6, 6.07) is 12.9. The Labute approximate surface area is 158 Å². The molecule has 1 atom stereocenters. The molecule has 7 heteroatoms. The number of amides is 1. The topological polar surface area (TPSA) is 76.4 Å². The van der Waals surface area contributed by atoms with Gasteiger partial charge in [-0.25, -0.2) is 4.98 Å². The molecule has 0 fully saturated rings. The van der Waals surface area contributed by atoms with E-state index >= 15 is 0 Å². The Morgan fingerprint density at radius 3 is 2.88 bits per heavy atom. The third kappa shape index (κ3) is 2.74. The number of phenols is 1. The van der Waals surface area contributed by atoms with Gasteiger partial charge in [-0.05, 0) is 45.8 Å². The number of methoxy groups -OCH3 is 1. The van der Waals surface area contributed by atoms with Crippen molar-refractivity contribution in [1.29, 1.82) is 0 Å². The highest BCUT2D eigenvalue weighted by atomic mass is 79.9. The minimum atomic E-state index is -0.211.